The van der Waals surface area contributed by atoms with E-state index < -0.39 is 5.60 Å². The van der Waals surface area contributed by atoms with E-state index in [4.69, 9.17) is 0 Å². The number of carbonyl (C=O) groups is 2. The average Bonchev–Trinajstić information content (AvgIpc) is 2.70. The maximum atomic E-state index is 12.6. The van der Waals surface area contributed by atoms with Crippen LogP contribution in [0.4, 0.5) is 0 Å². The van der Waals surface area contributed by atoms with E-state index in [9.17, 15) is 14.7 Å². The average molecular weight is 443 g/mol. The summed E-state index contributed by atoms with van der Waals surface area (Å²) in [5.41, 5.74) is 4.18. The molecule has 0 saturated carbocycles. The first kappa shape index (κ1) is 28.3. The number of rotatable bonds is 13. The third-order valence-electron chi connectivity index (χ3n) is 6.78. The van der Waals surface area contributed by atoms with Crippen molar-refractivity contribution in [3.05, 3.63) is 45.6 Å². The van der Waals surface area contributed by atoms with Gasteiger partial charge in [0.2, 0.25) is 0 Å². The van der Waals surface area contributed by atoms with Crippen LogP contribution in [-0.4, -0.2) is 22.3 Å². The molecule has 180 valence electrons. The molecule has 0 radical (unpaired) electrons. The second-order valence-electron chi connectivity index (χ2n) is 10.5. The zero-order chi connectivity index (χ0) is 24.5. The van der Waals surface area contributed by atoms with E-state index in [2.05, 4.69) is 39.8 Å². The molecule has 1 N–H and O–H groups in total. The van der Waals surface area contributed by atoms with Crippen molar-refractivity contribution in [3.8, 4) is 0 Å². The van der Waals surface area contributed by atoms with Gasteiger partial charge in [0.15, 0.2) is 11.6 Å². The summed E-state index contributed by atoms with van der Waals surface area (Å²) in [6, 6.07) is 0. The van der Waals surface area contributed by atoms with Gasteiger partial charge in [0, 0.05) is 22.3 Å². The van der Waals surface area contributed by atoms with E-state index in [1.54, 1.807) is 20.8 Å². The molecule has 1 aliphatic carbocycles. The molecule has 0 heterocycles. The molecule has 0 aromatic heterocycles. The summed E-state index contributed by atoms with van der Waals surface area (Å²) >= 11 is 0. The van der Waals surface area contributed by atoms with Crippen molar-refractivity contribution in [3.63, 3.8) is 0 Å². The lowest BCUT2D eigenvalue weighted by Gasteiger charge is -2.25. The van der Waals surface area contributed by atoms with Crippen molar-refractivity contribution in [1.29, 1.82) is 0 Å². The van der Waals surface area contributed by atoms with E-state index >= 15 is 0 Å². The van der Waals surface area contributed by atoms with Gasteiger partial charge < -0.3 is 5.11 Å². The van der Waals surface area contributed by atoms with Gasteiger partial charge in [0.25, 0.3) is 0 Å². The fraction of sp³-hybridized carbons (Fsp3) is 0.655. The quantitative estimate of drug-likeness (QED) is 0.236. The minimum atomic E-state index is -0.857. The molecule has 1 unspecified atom stereocenters. The number of Topliss-reactive ketones (excluding diaryl/α,β-unsaturated/α-hetero) is 2. The maximum Gasteiger partial charge on any atom is 0.185 e. The van der Waals surface area contributed by atoms with Crippen molar-refractivity contribution in [1.82, 2.24) is 0 Å². The highest BCUT2D eigenvalue weighted by Gasteiger charge is 2.29. The Morgan fingerprint density at radius 2 is 1.44 bits per heavy atom. The minimum Gasteiger partial charge on any atom is -0.390 e. The molecule has 0 fully saturated rings. The van der Waals surface area contributed by atoms with Gasteiger partial charge in [0.05, 0.1) is 5.60 Å². The molecule has 1 aliphatic rings. The molecule has 1 rings (SSSR count). The highest BCUT2D eigenvalue weighted by Crippen LogP contribution is 2.30. The summed E-state index contributed by atoms with van der Waals surface area (Å²) in [7, 11) is 0. The van der Waals surface area contributed by atoms with Gasteiger partial charge in [-0.05, 0) is 98.8 Å². The first-order valence-corrected chi connectivity index (χ1v) is 12.4. The van der Waals surface area contributed by atoms with E-state index in [-0.39, 0.29) is 11.6 Å². The van der Waals surface area contributed by atoms with Crippen LogP contribution in [0.15, 0.2) is 45.6 Å². The lowest BCUT2D eigenvalue weighted by atomic mass is 9.82. The first-order chi connectivity index (χ1) is 14.9. The number of allylic oxidation sites excluding steroid dienone is 8. The molecule has 0 bridgehead atoms. The largest absolute Gasteiger partial charge is 0.390 e. The summed E-state index contributed by atoms with van der Waals surface area (Å²) in [6.07, 6.45) is 12.9. The molecule has 32 heavy (non-hydrogen) atoms. The topological polar surface area (TPSA) is 54.4 Å². The van der Waals surface area contributed by atoms with Crippen LogP contribution >= 0.6 is 0 Å². The Hall–Kier alpha value is -1.74. The van der Waals surface area contributed by atoms with Crippen LogP contribution in [0, 0.1) is 5.92 Å². The van der Waals surface area contributed by atoms with Crippen LogP contribution in [0.1, 0.15) is 113 Å². The van der Waals surface area contributed by atoms with Crippen molar-refractivity contribution in [2.24, 2.45) is 5.92 Å². The number of carbonyl (C=O) groups excluding carboxylic acids is 2. The number of hydrogen-bond acceptors (Lipinski definition) is 3. The molecular formula is C29H46O3. The summed E-state index contributed by atoms with van der Waals surface area (Å²) in [5.74, 6) is 0.694. The molecule has 0 amide bonds. The molecule has 3 heteroatoms. The third-order valence-corrected chi connectivity index (χ3v) is 6.78. The fourth-order valence-corrected chi connectivity index (χ4v) is 4.14. The van der Waals surface area contributed by atoms with Crippen molar-refractivity contribution in [2.45, 2.75) is 119 Å². The number of hydrogen-bond donors (Lipinski definition) is 1. The van der Waals surface area contributed by atoms with Crippen LogP contribution in [0.25, 0.3) is 0 Å². The molecular weight excluding hydrogens is 396 g/mol. The lowest BCUT2D eigenvalue weighted by Crippen LogP contribution is -2.26. The van der Waals surface area contributed by atoms with Gasteiger partial charge in [-0.25, -0.2) is 0 Å². The molecule has 1 atom stereocenters. The predicted octanol–water partition coefficient (Wildman–Crippen LogP) is 7.60. The summed E-state index contributed by atoms with van der Waals surface area (Å²) in [4.78, 5) is 24.9. The second-order valence-corrected chi connectivity index (χ2v) is 10.5. The molecule has 3 nitrogen and oxygen atoms in total. The smallest absolute Gasteiger partial charge is 0.185 e. The molecule has 0 aliphatic heterocycles. The van der Waals surface area contributed by atoms with E-state index in [0.717, 1.165) is 25.2 Å². The fourth-order valence-electron chi connectivity index (χ4n) is 4.14. The standard InChI is InChI=1S/C29H46O3/c1-20(2)12-9-13-21(3)14-10-15-22(4)16-11-18-29(8,32)19-17-26-25(7)27(30)23(5)24(6)28(26)31/h14,16,20,32H,9-13,15,17-19H2,1-8H3. The van der Waals surface area contributed by atoms with Crippen LogP contribution in [0.3, 0.4) is 0 Å². The normalized spacial score (nSPS) is 18.2. The highest BCUT2D eigenvalue weighted by molar-refractivity contribution is 6.24. The molecule has 0 aromatic rings. The van der Waals surface area contributed by atoms with Gasteiger partial charge >= 0.3 is 0 Å². The summed E-state index contributed by atoms with van der Waals surface area (Å²) < 4.78 is 0. The summed E-state index contributed by atoms with van der Waals surface area (Å²) in [5, 5.41) is 10.8. The van der Waals surface area contributed by atoms with E-state index in [1.165, 1.54) is 30.4 Å². The Balaban J connectivity index is 2.47. The Morgan fingerprint density at radius 3 is 2.06 bits per heavy atom. The molecule has 0 aromatic carbocycles. The first-order valence-electron chi connectivity index (χ1n) is 12.4. The van der Waals surface area contributed by atoms with Gasteiger partial charge in [0.1, 0.15) is 0 Å². The van der Waals surface area contributed by atoms with Crippen molar-refractivity contribution >= 4 is 11.6 Å². The van der Waals surface area contributed by atoms with E-state index in [0.29, 0.717) is 41.6 Å². The number of aliphatic hydroxyl groups is 1. The molecule has 0 saturated heterocycles. The Labute approximate surface area is 196 Å². The Bertz CT molecular complexity index is 800. The Kier molecular flexibility index (Phi) is 11.6. The van der Waals surface area contributed by atoms with Crippen molar-refractivity contribution < 1.29 is 14.7 Å². The lowest BCUT2D eigenvalue weighted by molar-refractivity contribution is -0.116. The van der Waals surface area contributed by atoms with Crippen LogP contribution in [0.5, 0.6) is 0 Å². The molecule has 0 spiro atoms. The van der Waals surface area contributed by atoms with Crippen LogP contribution in [0.2, 0.25) is 0 Å². The van der Waals surface area contributed by atoms with Crippen LogP contribution < -0.4 is 0 Å². The SMILES string of the molecule is CC(=CCCC(C)(O)CCC1=C(C)C(=O)C(C)=C(C)C1=O)CCC=C(C)CCCC(C)C. The zero-order valence-corrected chi connectivity index (χ0v) is 21.9. The Morgan fingerprint density at radius 1 is 0.875 bits per heavy atom. The van der Waals surface area contributed by atoms with Gasteiger partial charge in [-0.2, -0.15) is 0 Å². The van der Waals surface area contributed by atoms with Crippen molar-refractivity contribution in [2.75, 3.05) is 0 Å². The van der Waals surface area contributed by atoms with Gasteiger partial charge in [-0.15, -0.1) is 0 Å². The van der Waals surface area contributed by atoms with E-state index in [1.807, 2.05) is 6.92 Å². The van der Waals surface area contributed by atoms with Gasteiger partial charge in [-0.3, -0.25) is 9.59 Å². The minimum absolute atomic E-state index is 0.0421. The van der Waals surface area contributed by atoms with Gasteiger partial charge in [-0.1, -0.05) is 43.6 Å². The highest BCUT2D eigenvalue weighted by atomic mass is 16.3. The third kappa shape index (κ3) is 9.40. The number of ketones is 2. The second kappa shape index (κ2) is 13.1. The predicted molar refractivity (Wildman–Crippen MR) is 136 cm³/mol. The van der Waals surface area contributed by atoms with Crippen LogP contribution in [-0.2, 0) is 9.59 Å². The zero-order valence-electron chi connectivity index (χ0n) is 21.9. The monoisotopic (exact) mass is 442 g/mol. The maximum absolute atomic E-state index is 12.6. The summed E-state index contributed by atoms with van der Waals surface area (Å²) in [6.45, 7) is 15.9.